The molecule has 90 valence electrons. The second kappa shape index (κ2) is 8.08. The van der Waals surface area contributed by atoms with Crippen molar-refractivity contribution in [2.24, 2.45) is 5.92 Å². The smallest absolute Gasteiger partial charge is 0.0477 e. The van der Waals surface area contributed by atoms with Crippen LogP contribution in [-0.4, -0.2) is 39.0 Å². The molecule has 1 unspecified atom stereocenters. The van der Waals surface area contributed by atoms with E-state index in [1.165, 1.54) is 12.8 Å². The molecule has 1 heterocycles. The molecular formula is C12H25NO2. The van der Waals surface area contributed by atoms with E-state index in [0.717, 1.165) is 45.3 Å². The van der Waals surface area contributed by atoms with Crippen LogP contribution >= 0.6 is 0 Å². The van der Waals surface area contributed by atoms with Gasteiger partial charge in [0.05, 0.1) is 0 Å². The Bertz CT molecular complexity index is 147. The van der Waals surface area contributed by atoms with Gasteiger partial charge in [0, 0.05) is 32.5 Å². The lowest BCUT2D eigenvalue weighted by molar-refractivity contribution is 0.0555. The number of nitrogens with one attached hydrogen (secondary N) is 1. The van der Waals surface area contributed by atoms with Crippen molar-refractivity contribution in [2.45, 2.75) is 39.2 Å². The van der Waals surface area contributed by atoms with Gasteiger partial charge in [0.1, 0.15) is 0 Å². The lowest BCUT2D eigenvalue weighted by Crippen LogP contribution is -2.37. The Morgan fingerprint density at radius 2 is 2.13 bits per heavy atom. The monoisotopic (exact) mass is 215 g/mol. The van der Waals surface area contributed by atoms with Gasteiger partial charge in [-0.05, 0) is 45.6 Å². The molecule has 3 nitrogen and oxygen atoms in total. The molecule has 1 atom stereocenters. The van der Waals surface area contributed by atoms with E-state index in [0.29, 0.717) is 6.04 Å². The molecular weight excluding hydrogens is 190 g/mol. The fraction of sp³-hybridized carbons (Fsp3) is 1.00. The molecule has 1 aliphatic heterocycles. The summed E-state index contributed by atoms with van der Waals surface area (Å²) in [4.78, 5) is 0. The molecule has 0 aliphatic carbocycles. The Hall–Kier alpha value is -0.120. The molecule has 0 aromatic rings. The zero-order valence-corrected chi connectivity index (χ0v) is 10.1. The number of ether oxygens (including phenoxy) is 2. The standard InChI is InChI=1S/C12H25NO2/c1-3-14-8-4-7-13-11(2)12-5-9-15-10-6-12/h11-13H,3-10H2,1-2H3. The van der Waals surface area contributed by atoms with Crippen LogP contribution in [0.4, 0.5) is 0 Å². The molecule has 1 aliphatic rings. The molecule has 1 N–H and O–H groups in total. The summed E-state index contributed by atoms with van der Waals surface area (Å²) < 4.78 is 10.7. The average Bonchev–Trinajstić information content (AvgIpc) is 2.30. The predicted octanol–water partition coefficient (Wildman–Crippen LogP) is 1.82. The molecule has 0 radical (unpaired) electrons. The first-order valence-electron chi connectivity index (χ1n) is 6.23. The third kappa shape index (κ3) is 5.50. The van der Waals surface area contributed by atoms with Crippen LogP contribution in [0.15, 0.2) is 0 Å². The molecule has 0 saturated carbocycles. The van der Waals surface area contributed by atoms with Crippen molar-refractivity contribution in [1.29, 1.82) is 0 Å². The first-order valence-corrected chi connectivity index (χ1v) is 6.23. The molecule has 0 amide bonds. The van der Waals surface area contributed by atoms with Gasteiger partial charge in [-0.2, -0.15) is 0 Å². The van der Waals surface area contributed by atoms with Crippen molar-refractivity contribution in [2.75, 3.05) is 33.0 Å². The minimum absolute atomic E-state index is 0.621. The van der Waals surface area contributed by atoms with E-state index >= 15 is 0 Å². The summed E-state index contributed by atoms with van der Waals surface area (Å²) in [5, 5.41) is 3.58. The highest BCUT2D eigenvalue weighted by Gasteiger charge is 2.19. The first kappa shape index (κ1) is 12.9. The fourth-order valence-electron chi connectivity index (χ4n) is 2.03. The Morgan fingerprint density at radius 3 is 2.80 bits per heavy atom. The summed E-state index contributed by atoms with van der Waals surface area (Å²) in [5.74, 6) is 0.797. The summed E-state index contributed by atoms with van der Waals surface area (Å²) >= 11 is 0. The molecule has 0 bridgehead atoms. The fourth-order valence-corrected chi connectivity index (χ4v) is 2.03. The van der Waals surface area contributed by atoms with E-state index in [9.17, 15) is 0 Å². The zero-order valence-electron chi connectivity index (χ0n) is 10.1. The van der Waals surface area contributed by atoms with Crippen molar-refractivity contribution in [3.05, 3.63) is 0 Å². The Labute approximate surface area is 93.5 Å². The van der Waals surface area contributed by atoms with Crippen molar-refractivity contribution in [3.63, 3.8) is 0 Å². The lowest BCUT2D eigenvalue weighted by atomic mass is 9.93. The van der Waals surface area contributed by atoms with Gasteiger partial charge in [0.2, 0.25) is 0 Å². The topological polar surface area (TPSA) is 30.5 Å². The minimum atomic E-state index is 0.621. The number of rotatable bonds is 7. The SMILES string of the molecule is CCOCCCNC(C)C1CCOCC1. The maximum absolute atomic E-state index is 5.36. The molecule has 0 aromatic heterocycles. The van der Waals surface area contributed by atoms with Gasteiger partial charge < -0.3 is 14.8 Å². The second-order valence-corrected chi connectivity index (χ2v) is 4.24. The van der Waals surface area contributed by atoms with Gasteiger partial charge in [-0.1, -0.05) is 0 Å². The lowest BCUT2D eigenvalue weighted by Gasteiger charge is -2.28. The largest absolute Gasteiger partial charge is 0.382 e. The number of hydrogen-bond donors (Lipinski definition) is 1. The van der Waals surface area contributed by atoms with Crippen LogP contribution in [0.5, 0.6) is 0 Å². The molecule has 1 rings (SSSR count). The van der Waals surface area contributed by atoms with Gasteiger partial charge in [-0.15, -0.1) is 0 Å². The summed E-state index contributed by atoms with van der Waals surface area (Å²) in [7, 11) is 0. The minimum Gasteiger partial charge on any atom is -0.382 e. The van der Waals surface area contributed by atoms with Gasteiger partial charge in [0.15, 0.2) is 0 Å². The van der Waals surface area contributed by atoms with Crippen LogP contribution in [0.2, 0.25) is 0 Å². The van der Waals surface area contributed by atoms with Crippen LogP contribution in [0.1, 0.15) is 33.1 Å². The maximum atomic E-state index is 5.36. The van der Waals surface area contributed by atoms with Crippen LogP contribution < -0.4 is 5.32 Å². The Kier molecular flexibility index (Phi) is 6.98. The quantitative estimate of drug-likeness (QED) is 0.657. The highest BCUT2D eigenvalue weighted by Crippen LogP contribution is 2.18. The van der Waals surface area contributed by atoms with E-state index in [2.05, 4.69) is 12.2 Å². The van der Waals surface area contributed by atoms with Crippen molar-refractivity contribution in [3.8, 4) is 0 Å². The normalized spacial score (nSPS) is 20.4. The van der Waals surface area contributed by atoms with Crippen LogP contribution in [0, 0.1) is 5.92 Å². The highest BCUT2D eigenvalue weighted by atomic mass is 16.5. The van der Waals surface area contributed by atoms with E-state index in [-0.39, 0.29) is 0 Å². The summed E-state index contributed by atoms with van der Waals surface area (Å²) in [5.41, 5.74) is 0. The molecule has 15 heavy (non-hydrogen) atoms. The van der Waals surface area contributed by atoms with Crippen LogP contribution in [-0.2, 0) is 9.47 Å². The van der Waals surface area contributed by atoms with Crippen LogP contribution in [0.3, 0.4) is 0 Å². The Balaban J connectivity index is 1.99. The molecule has 1 fully saturated rings. The maximum Gasteiger partial charge on any atom is 0.0477 e. The molecule has 0 aromatic carbocycles. The molecule has 0 spiro atoms. The Morgan fingerprint density at radius 1 is 1.40 bits per heavy atom. The third-order valence-corrected chi connectivity index (χ3v) is 3.11. The van der Waals surface area contributed by atoms with Crippen molar-refractivity contribution >= 4 is 0 Å². The van der Waals surface area contributed by atoms with E-state index in [1.54, 1.807) is 0 Å². The highest BCUT2D eigenvalue weighted by molar-refractivity contribution is 4.74. The van der Waals surface area contributed by atoms with Crippen molar-refractivity contribution in [1.82, 2.24) is 5.32 Å². The van der Waals surface area contributed by atoms with E-state index in [1.807, 2.05) is 6.92 Å². The van der Waals surface area contributed by atoms with E-state index < -0.39 is 0 Å². The molecule has 1 saturated heterocycles. The van der Waals surface area contributed by atoms with Crippen LogP contribution in [0.25, 0.3) is 0 Å². The van der Waals surface area contributed by atoms with Gasteiger partial charge in [0.25, 0.3) is 0 Å². The molecule has 3 heteroatoms. The predicted molar refractivity (Wildman–Crippen MR) is 62.1 cm³/mol. The van der Waals surface area contributed by atoms with Gasteiger partial charge in [-0.3, -0.25) is 0 Å². The average molecular weight is 215 g/mol. The summed E-state index contributed by atoms with van der Waals surface area (Å²) in [6, 6.07) is 0.621. The van der Waals surface area contributed by atoms with Crippen molar-refractivity contribution < 1.29 is 9.47 Å². The first-order chi connectivity index (χ1) is 7.34. The number of hydrogen-bond acceptors (Lipinski definition) is 3. The zero-order chi connectivity index (χ0) is 10.9. The third-order valence-electron chi connectivity index (χ3n) is 3.11. The van der Waals surface area contributed by atoms with Gasteiger partial charge >= 0.3 is 0 Å². The summed E-state index contributed by atoms with van der Waals surface area (Å²) in [6.07, 6.45) is 3.53. The van der Waals surface area contributed by atoms with Gasteiger partial charge in [-0.25, -0.2) is 0 Å². The second-order valence-electron chi connectivity index (χ2n) is 4.24. The summed E-state index contributed by atoms with van der Waals surface area (Å²) in [6.45, 7) is 8.98. The van der Waals surface area contributed by atoms with E-state index in [4.69, 9.17) is 9.47 Å².